The lowest BCUT2D eigenvalue weighted by atomic mass is 9.97. The highest BCUT2D eigenvalue weighted by molar-refractivity contribution is 6.15. The van der Waals surface area contributed by atoms with Crippen LogP contribution in [-0.4, -0.2) is 25.8 Å². The van der Waals surface area contributed by atoms with Crippen LogP contribution in [0.1, 0.15) is 16.7 Å². The van der Waals surface area contributed by atoms with Crippen LogP contribution in [0.2, 0.25) is 0 Å². The van der Waals surface area contributed by atoms with Gasteiger partial charge in [-0.2, -0.15) is 0 Å². The highest BCUT2D eigenvalue weighted by Crippen LogP contribution is 2.43. The van der Waals surface area contributed by atoms with Crippen molar-refractivity contribution in [1.82, 2.24) is 0 Å². The van der Waals surface area contributed by atoms with Crippen LogP contribution in [0.15, 0.2) is 83.5 Å². The molecule has 0 bridgehead atoms. The first-order valence-electron chi connectivity index (χ1n) is 10.3. The highest BCUT2D eigenvalue weighted by Gasteiger charge is 2.31. The van der Waals surface area contributed by atoms with E-state index in [2.05, 4.69) is 4.99 Å². The zero-order valence-corrected chi connectivity index (χ0v) is 17.5. The molecule has 0 saturated heterocycles. The van der Waals surface area contributed by atoms with E-state index in [-0.39, 0.29) is 18.4 Å². The van der Waals surface area contributed by atoms with Crippen LogP contribution in [0, 0.1) is 0 Å². The van der Waals surface area contributed by atoms with Gasteiger partial charge in [-0.05, 0) is 54.6 Å². The molecule has 0 unspecified atom stereocenters. The third-order valence-corrected chi connectivity index (χ3v) is 5.50. The number of carbonyl (C=O) groups excluding carboxylic acids is 1. The number of hydrogen-bond acceptors (Lipinski definition) is 7. The molecule has 0 amide bonds. The summed E-state index contributed by atoms with van der Waals surface area (Å²) in [4.78, 5) is 17.4. The van der Waals surface area contributed by atoms with Gasteiger partial charge in [0.25, 0.3) is 0 Å². The highest BCUT2D eigenvalue weighted by atomic mass is 16.7. The van der Waals surface area contributed by atoms with Gasteiger partial charge in [-0.1, -0.05) is 18.2 Å². The van der Waals surface area contributed by atoms with E-state index >= 15 is 0 Å². The Morgan fingerprint density at radius 3 is 2.52 bits per heavy atom. The third kappa shape index (κ3) is 3.30. The lowest BCUT2D eigenvalue weighted by Gasteiger charge is -2.21. The molecule has 7 nitrogen and oxygen atoms in total. The van der Waals surface area contributed by atoms with E-state index in [0.29, 0.717) is 39.9 Å². The van der Waals surface area contributed by atoms with Gasteiger partial charge in [0.2, 0.25) is 12.7 Å². The smallest absolute Gasteiger partial charge is 0.364 e. The van der Waals surface area contributed by atoms with E-state index in [1.54, 1.807) is 25.3 Å². The number of ether oxygens (including phenoxy) is 5. The summed E-state index contributed by atoms with van der Waals surface area (Å²) in [6.45, 7) is 0.180. The number of carbonyl (C=O) groups is 1. The van der Waals surface area contributed by atoms with E-state index < -0.39 is 5.97 Å². The lowest BCUT2D eigenvalue weighted by Crippen LogP contribution is -2.08. The summed E-state index contributed by atoms with van der Waals surface area (Å²) < 4.78 is 28.0. The monoisotopic (exact) mass is 439 g/mol. The molecule has 0 N–H and O–H groups in total. The molecule has 3 aliphatic rings. The summed E-state index contributed by atoms with van der Waals surface area (Å²) in [5.41, 5.74) is 2.96. The number of esters is 1. The van der Waals surface area contributed by atoms with Crippen LogP contribution < -0.4 is 18.9 Å². The van der Waals surface area contributed by atoms with Crippen LogP contribution >= 0.6 is 0 Å². The second-order valence-corrected chi connectivity index (χ2v) is 7.48. The molecule has 0 spiro atoms. The number of hydrogen-bond donors (Lipinski definition) is 0. The van der Waals surface area contributed by atoms with Crippen molar-refractivity contribution >= 4 is 23.2 Å². The number of fused-ring (bicyclic) bond motifs is 2. The van der Waals surface area contributed by atoms with Crippen LogP contribution in [0.25, 0.3) is 11.3 Å². The molecule has 7 heteroatoms. The van der Waals surface area contributed by atoms with Gasteiger partial charge in [0.1, 0.15) is 17.3 Å². The third-order valence-electron chi connectivity index (χ3n) is 5.50. The van der Waals surface area contributed by atoms with Crippen molar-refractivity contribution in [2.24, 2.45) is 4.99 Å². The van der Waals surface area contributed by atoms with Gasteiger partial charge in [-0.25, -0.2) is 9.79 Å². The maximum absolute atomic E-state index is 12.9. The van der Waals surface area contributed by atoms with Gasteiger partial charge in [0.15, 0.2) is 17.2 Å². The van der Waals surface area contributed by atoms with Crippen molar-refractivity contribution in [3.05, 3.63) is 95.2 Å². The van der Waals surface area contributed by atoms with E-state index in [1.165, 1.54) is 0 Å². The van der Waals surface area contributed by atoms with E-state index in [0.717, 1.165) is 11.1 Å². The predicted molar refractivity (Wildman–Crippen MR) is 120 cm³/mol. The maximum atomic E-state index is 12.9. The zero-order valence-electron chi connectivity index (χ0n) is 17.5. The van der Waals surface area contributed by atoms with E-state index in [9.17, 15) is 4.79 Å². The van der Waals surface area contributed by atoms with Gasteiger partial charge < -0.3 is 23.7 Å². The molecule has 3 aromatic carbocycles. The Hall–Kier alpha value is -4.52. The summed E-state index contributed by atoms with van der Waals surface area (Å²) in [6, 6.07) is 20.3. The minimum Gasteiger partial charge on any atom is -0.497 e. The average Bonchev–Trinajstić information content (AvgIpc) is 3.49. The minimum absolute atomic E-state index is 0.180. The SMILES string of the molecule is COc1ccc2c(c1)C(=C1N=C(c3ccccc3)OC1=O)C=C(c1ccc3c(c1)OCO3)O2. The predicted octanol–water partition coefficient (Wildman–Crippen LogP) is 4.57. The van der Waals surface area contributed by atoms with Crippen molar-refractivity contribution in [3.8, 4) is 23.0 Å². The molecule has 0 aliphatic carbocycles. The summed E-state index contributed by atoms with van der Waals surface area (Å²) in [5, 5.41) is 0. The van der Waals surface area contributed by atoms with Crippen molar-refractivity contribution in [1.29, 1.82) is 0 Å². The first-order chi connectivity index (χ1) is 16.2. The number of rotatable bonds is 3. The maximum Gasteiger partial charge on any atom is 0.364 e. The Morgan fingerprint density at radius 2 is 1.67 bits per heavy atom. The largest absolute Gasteiger partial charge is 0.497 e. The number of cyclic esters (lactones) is 1. The fourth-order valence-electron chi connectivity index (χ4n) is 3.86. The first-order valence-corrected chi connectivity index (χ1v) is 10.3. The second-order valence-electron chi connectivity index (χ2n) is 7.48. The summed E-state index contributed by atoms with van der Waals surface area (Å²) in [7, 11) is 1.58. The fourth-order valence-corrected chi connectivity index (χ4v) is 3.86. The summed E-state index contributed by atoms with van der Waals surface area (Å²) >= 11 is 0. The normalized spacial score (nSPS) is 18.2. The van der Waals surface area contributed by atoms with Gasteiger partial charge in [-0.15, -0.1) is 0 Å². The molecule has 3 heterocycles. The Morgan fingerprint density at radius 1 is 0.848 bits per heavy atom. The zero-order chi connectivity index (χ0) is 22.4. The molecular formula is C26H17NO6. The lowest BCUT2D eigenvalue weighted by molar-refractivity contribution is -0.129. The van der Waals surface area contributed by atoms with Gasteiger partial charge in [0.05, 0.1) is 7.11 Å². The standard InChI is InChI=1S/C26H17NO6/c1-29-17-8-10-20-18(12-17)19(24-26(28)33-25(27-24)15-5-3-2-4-6-15)13-22(32-20)16-7-9-21-23(11-16)31-14-30-21/h2-13H,14H2,1H3. The molecule has 162 valence electrons. The number of aliphatic imine (C=N–C) groups is 1. The van der Waals surface area contributed by atoms with Crippen molar-refractivity contribution in [2.75, 3.05) is 13.9 Å². The quantitative estimate of drug-likeness (QED) is 0.440. The van der Waals surface area contributed by atoms with Crippen molar-refractivity contribution in [3.63, 3.8) is 0 Å². The van der Waals surface area contributed by atoms with Gasteiger partial charge in [0, 0.05) is 22.3 Å². The molecule has 3 aromatic rings. The number of benzene rings is 3. The Kier molecular flexibility index (Phi) is 4.40. The number of methoxy groups -OCH3 is 1. The van der Waals surface area contributed by atoms with Crippen LogP contribution in [0.5, 0.6) is 23.0 Å². The van der Waals surface area contributed by atoms with Crippen molar-refractivity contribution in [2.45, 2.75) is 0 Å². The molecule has 0 atom stereocenters. The van der Waals surface area contributed by atoms with Crippen LogP contribution in [-0.2, 0) is 9.53 Å². The minimum atomic E-state index is -0.527. The Labute approximate surface area is 189 Å². The van der Waals surface area contributed by atoms with Crippen LogP contribution in [0.3, 0.4) is 0 Å². The second kappa shape index (κ2) is 7.56. The van der Waals surface area contributed by atoms with E-state index in [1.807, 2.05) is 54.6 Å². The number of allylic oxidation sites excluding steroid dienone is 2. The first kappa shape index (κ1) is 19.2. The molecule has 33 heavy (non-hydrogen) atoms. The Balaban J connectivity index is 1.52. The average molecular weight is 439 g/mol. The number of nitrogens with zero attached hydrogens (tertiary/aromatic N) is 1. The molecule has 0 fully saturated rings. The van der Waals surface area contributed by atoms with Gasteiger partial charge >= 0.3 is 5.97 Å². The summed E-state index contributed by atoms with van der Waals surface area (Å²) in [5.74, 6) is 2.80. The molecule has 0 aromatic heterocycles. The molecule has 3 aliphatic heterocycles. The molecule has 0 saturated carbocycles. The van der Waals surface area contributed by atoms with E-state index in [4.69, 9.17) is 23.7 Å². The molecule has 6 rings (SSSR count). The topological polar surface area (TPSA) is 75.6 Å². The van der Waals surface area contributed by atoms with Crippen LogP contribution in [0.4, 0.5) is 0 Å². The Bertz CT molecular complexity index is 1390. The summed E-state index contributed by atoms with van der Waals surface area (Å²) in [6.07, 6.45) is 1.79. The fraction of sp³-hybridized carbons (Fsp3) is 0.0769. The molecule has 0 radical (unpaired) electrons. The van der Waals surface area contributed by atoms with Gasteiger partial charge in [-0.3, -0.25) is 0 Å². The van der Waals surface area contributed by atoms with Crippen molar-refractivity contribution < 1.29 is 28.5 Å². The molecular weight excluding hydrogens is 422 g/mol.